The zero-order valence-corrected chi connectivity index (χ0v) is 10.4. The predicted molar refractivity (Wildman–Crippen MR) is 72.2 cm³/mol. The molecule has 0 unspecified atom stereocenters. The number of hydrogen-bond donors (Lipinski definition) is 1. The van der Waals surface area contributed by atoms with Crippen LogP contribution in [0.15, 0.2) is 48.5 Å². The fourth-order valence-corrected chi connectivity index (χ4v) is 1.64. The number of carbonyl (C=O) groups is 2. The molecule has 0 aliphatic heterocycles. The molecule has 1 N–H and O–H groups in total. The van der Waals surface area contributed by atoms with Crippen molar-refractivity contribution in [1.29, 1.82) is 5.26 Å². The van der Waals surface area contributed by atoms with Crippen LogP contribution in [0.5, 0.6) is 5.75 Å². The number of hydrogen-bond acceptors (Lipinski definition) is 4. The number of nitrogens with one attached hydrogen (secondary N) is 1. The summed E-state index contributed by atoms with van der Waals surface area (Å²) in [5.74, 6) is -0.167. The van der Waals surface area contributed by atoms with Crippen LogP contribution >= 0.6 is 0 Å². The summed E-state index contributed by atoms with van der Waals surface area (Å²) in [4.78, 5) is 22.5. The minimum atomic E-state index is -0.351. The standard InChI is InChI=1S/C15H10N2O3/c16-9-11-6-7-14(20-10-18)13(8-11)17-15(19)12-4-2-1-3-5-12/h1-8,10H,(H,17,19). The highest BCUT2D eigenvalue weighted by Gasteiger charge is 2.10. The molecule has 2 aromatic carbocycles. The van der Waals surface area contributed by atoms with Crippen LogP contribution in [-0.4, -0.2) is 12.4 Å². The second-order valence-electron chi connectivity index (χ2n) is 3.86. The maximum absolute atomic E-state index is 12.0. The SMILES string of the molecule is N#Cc1ccc(OC=O)c(NC(=O)c2ccccc2)c1. The van der Waals surface area contributed by atoms with E-state index in [-0.39, 0.29) is 23.8 Å². The molecule has 1 amide bonds. The maximum atomic E-state index is 12.0. The van der Waals surface area contributed by atoms with Crippen LogP contribution in [-0.2, 0) is 4.79 Å². The van der Waals surface area contributed by atoms with Crippen LogP contribution in [0.4, 0.5) is 5.69 Å². The molecule has 0 saturated heterocycles. The van der Waals surface area contributed by atoms with Crippen molar-refractivity contribution in [2.24, 2.45) is 0 Å². The Morgan fingerprint density at radius 1 is 1.20 bits per heavy atom. The first kappa shape index (κ1) is 13.3. The van der Waals surface area contributed by atoms with Crippen molar-refractivity contribution >= 4 is 18.1 Å². The number of benzene rings is 2. The molecule has 0 bridgehead atoms. The van der Waals surface area contributed by atoms with Gasteiger partial charge >= 0.3 is 0 Å². The van der Waals surface area contributed by atoms with Crippen LogP contribution in [0, 0.1) is 11.3 Å². The molecule has 0 radical (unpaired) electrons. The Kier molecular flexibility index (Phi) is 4.10. The number of rotatable bonds is 4. The van der Waals surface area contributed by atoms with Gasteiger partial charge in [-0.15, -0.1) is 0 Å². The van der Waals surface area contributed by atoms with Gasteiger partial charge in [0.05, 0.1) is 17.3 Å². The minimum Gasteiger partial charge on any atom is -0.427 e. The molecule has 0 fully saturated rings. The summed E-state index contributed by atoms with van der Waals surface area (Å²) in [5.41, 5.74) is 1.09. The van der Waals surface area contributed by atoms with E-state index in [2.05, 4.69) is 5.32 Å². The Morgan fingerprint density at radius 3 is 2.60 bits per heavy atom. The molecule has 5 nitrogen and oxygen atoms in total. The fourth-order valence-electron chi connectivity index (χ4n) is 1.64. The van der Waals surface area contributed by atoms with Gasteiger partial charge in [-0.3, -0.25) is 9.59 Å². The molecule has 20 heavy (non-hydrogen) atoms. The van der Waals surface area contributed by atoms with Crippen LogP contribution in [0.2, 0.25) is 0 Å². The Balaban J connectivity index is 2.30. The van der Waals surface area contributed by atoms with Gasteiger partial charge in [0.2, 0.25) is 0 Å². The molecule has 0 aliphatic carbocycles. The summed E-state index contributed by atoms with van der Waals surface area (Å²) in [6.07, 6.45) is 0. The van der Waals surface area contributed by atoms with Gasteiger partial charge in [-0.05, 0) is 30.3 Å². The second-order valence-corrected chi connectivity index (χ2v) is 3.86. The number of ether oxygens (including phenoxy) is 1. The summed E-state index contributed by atoms with van der Waals surface area (Å²) in [7, 11) is 0. The van der Waals surface area contributed by atoms with Crippen molar-refractivity contribution in [2.75, 3.05) is 5.32 Å². The minimum absolute atomic E-state index is 0.184. The lowest BCUT2D eigenvalue weighted by atomic mass is 10.1. The Bertz CT molecular complexity index is 675. The molecule has 0 aliphatic rings. The van der Waals surface area contributed by atoms with E-state index in [9.17, 15) is 9.59 Å². The van der Waals surface area contributed by atoms with E-state index in [0.717, 1.165) is 0 Å². The lowest BCUT2D eigenvalue weighted by molar-refractivity contribution is -0.120. The highest BCUT2D eigenvalue weighted by Crippen LogP contribution is 2.25. The lowest BCUT2D eigenvalue weighted by Crippen LogP contribution is -2.12. The predicted octanol–water partition coefficient (Wildman–Crippen LogP) is 2.35. The normalized spacial score (nSPS) is 9.35. The average Bonchev–Trinajstić information content (AvgIpc) is 2.50. The van der Waals surface area contributed by atoms with Crippen molar-refractivity contribution in [1.82, 2.24) is 0 Å². The van der Waals surface area contributed by atoms with Crippen molar-refractivity contribution in [3.8, 4) is 11.8 Å². The quantitative estimate of drug-likeness (QED) is 0.861. The van der Waals surface area contributed by atoms with E-state index in [1.807, 2.05) is 6.07 Å². The number of anilines is 1. The van der Waals surface area contributed by atoms with Gasteiger partial charge < -0.3 is 10.1 Å². The van der Waals surface area contributed by atoms with Crippen LogP contribution < -0.4 is 10.1 Å². The molecule has 5 heteroatoms. The topological polar surface area (TPSA) is 79.2 Å². The molecule has 98 valence electrons. The summed E-state index contributed by atoms with van der Waals surface area (Å²) in [6, 6.07) is 14.9. The molecule has 0 heterocycles. The molecule has 0 spiro atoms. The van der Waals surface area contributed by atoms with Crippen LogP contribution in [0.25, 0.3) is 0 Å². The summed E-state index contributed by atoms with van der Waals surface area (Å²) < 4.78 is 4.77. The van der Waals surface area contributed by atoms with Crippen LogP contribution in [0.3, 0.4) is 0 Å². The number of nitriles is 1. The highest BCUT2D eigenvalue weighted by molar-refractivity contribution is 6.05. The first-order valence-electron chi connectivity index (χ1n) is 5.75. The van der Waals surface area contributed by atoms with Crippen molar-refractivity contribution in [3.05, 3.63) is 59.7 Å². The zero-order valence-electron chi connectivity index (χ0n) is 10.4. The van der Waals surface area contributed by atoms with Gasteiger partial charge in [0.1, 0.15) is 0 Å². The number of amides is 1. The first-order chi connectivity index (χ1) is 9.74. The van der Waals surface area contributed by atoms with Gasteiger partial charge in [-0.2, -0.15) is 5.26 Å². The van der Waals surface area contributed by atoms with Crippen molar-refractivity contribution in [2.45, 2.75) is 0 Å². The molecular formula is C15H10N2O3. The smallest absolute Gasteiger partial charge is 0.298 e. The number of nitrogens with zero attached hydrogens (tertiary/aromatic N) is 1. The van der Waals surface area contributed by atoms with E-state index in [0.29, 0.717) is 11.1 Å². The van der Waals surface area contributed by atoms with Gasteiger partial charge in [0, 0.05) is 5.56 Å². The lowest BCUT2D eigenvalue weighted by Gasteiger charge is -2.09. The van der Waals surface area contributed by atoms with Gasteiger partial charge in [0.15, 0.2) is 5.75 Å². The Labute approximate surface area is 115 Å². The first-order valence-corrected chi connectivity index (χ1v) is 5.75. The third-order valence-electron chi connectivity index (χ3n) is 2.57. The molecule has 2 aromatic rings. The zero-order chi connectivity index (χ0) is 14.4. The molecule has 0 aromatic heterocycles. The largest absolute Gasteiger partial charge is 0.427 e. The summed E-state index contributed by atoms with van der Waals surface area (Å²) >= 11 is 0. The Morgan fingerprint density at radius 2 is 1.95 bits per heavy atom. The third-order valence-corrected chi connectivity index (χ3v) is 2.57. The summed E-state index contributed by atoms with van der Waals surface area (Å²) in [5, 5.41) is 11.5. The number of carbonyl (C=O) groups excluding carboxylic acids is 2. The van der Waals surface area contributed by atoms with Crippen molar-refractivity contribution in [3.63, 3.8) is 0 Å². The molecule has 2 rings (SSSR count). The monoisotopic (exact) mass is 266 g/mol. The van der Waals surface area contributed by atoms with Gasteiger partial charge in [-0.25, -0.2) is 0 Å². The summed E-state index contributed by atoms with van der Waals surface area (Å²) in [6.45, 7) is 0.263. The van der Waals surface area contributed by atoms with Crippen molar-refractivity contribution < 1.29 is 14.3 Å². The van der Waals surface area contributed by atoms with Gasteiger partial charge in [0.25, 0.3) is 12.4 Å². The van der Waals surface area contributed by atoms with Gasteiger partial charge in [-0.1, -0.05) is 18.2 Å². The molecule has 0 saturated carbocycles. The molecular weight excluding hydrogens is 256 g/mol. The van der Waals surface area contributed by atoms with E-state index >= 15 is 0 Å². The van der Waals surface area contributed by atoms with Crippen LogP contribution in [0.1, 0.15) is 15.9 Å². The maximum Gasteiger partial charge on any atom is 0.298 e. The third kappa shape index (κ3) is 3.00. The molecule has 0 atom stereocenters. The highest BCUT2D eigenvalue weighted by atomic mass is 16.5. The average molecular weight is 266 g/mol. The fraction of sp³-hybridized carbons (Fsp3) is 0. The van der Waals surface area contributed by atoms with E-state index in [1.165, 1.54) is 18.2 Å². The Hall–Kier alpha value is -3.13. The van der Waals surface area contributed by atoms with E-state index in [1.54, 1.807) is 30.3 Å². The second kappa shape index (κ2) is 6.16. The van der Waals surface area contributed by atoms with E-state index < -0.39 is 0 Å². The van der Waals surface area contributed by atoms with E-state index in [4.69, 9.17) is 10.00 Å².